The molecule has 6 rings (SSSR count). The van der Waals surface area contributed by atoms with Gasteiger partial charge in [-0.15, -0.1) is 5.23 Å². The minimum atomic E-state index is -0.478. The Morgan fingerprint density at radius 2 is 2.02 bits per heavy atom. The molecular weight excluding hydrogens is 527 g/mol. The second-order valence-electron chi connectivity index (χ2n) is 10.2. The van der Waals surface area contributed by atoms with Crippen molar-refractivity contribution in [2.24, 2.45) is 0 Å². The van der Waals surface area contributed by atoms with E-state index in [1.807, 2.05) is 18.2 Å². The third-order valence-corrected chi connectivity index (χ3v) is 7.49. The van der Waals surface area contributed by atoms with Gasteiger partial charge in [0.15, 0.2) is 0 Å². The molecule has 2 aromatic heterocycles. The molecule has 0 saturated carbocycles. The minimum absolute atomic E-state index is 0.0177. The molecule has 4 heterocycles. The Balaban J connectivity index is 1.14. The molecule has 1 atom stereocenters. The molecule has 0 spiro atoms. The Kier molecular flexibility index (Phi) is 7.63. The first-order chi connectivity index (χ1) is 20.0. The normalized spacial score (nSPS) is 17.1. The number of halogens is 1. The summed E-state index contributed by atoms with van der Waals surface area (Å²) in [4.78, 5) is 11.8. The van der Waals surface area contributed by atoms with Gasteiger partial charge in [-0.3, -0.25) is 15.3 Å². The summed E-state index contributed by atoms with van der Waals surface area (Å²) in [6, 6.07) is 16.9. The lowest BCUT2D eigenvalue weighted by Gasteiger charge is -2.29. The number of rotatable bonds is 9. The van der Waals surface area contributed by atoms with Gasteiger partial charge in [0.05, 0.1) is 53.2 Å². The summed E-state index contributed by atoms with van der Waals surface area (Å²) in [6.45, 7) is 3.59. The molecule has 11 heteroatoms. The lowest BCUT2D eigenvalue weighted by atomic mass is 10.0. The van der Waals surface area contributed by atoms with Crippen molar-refractivity contribution >= 4 is 22.3 Å². The highest BCUT2D eigenvalue weighted by Gasteiger charge is 2.24. The summed E-state index contributed by atoms with van der Waals surface area (Å²) in [5.74, 6) is 0.828. The van der Waals surface area contributed by atoms with Gasteiger partial charge in [0.25, 0.3) is 0 Å². The molecule has 4 aromatic rings. The number of anilines is 1. The number of nitrogens with zero attached hydrogens (tertiary/aromatic N) is 6. The quantitative estimate of drug-likeness (QED) is 0.283. The largest absolute Gasteiger partial charge is 0.473 e. The first-order valence-electron chi connectivity index (χ1n) is 13.5. The molecule has 1 fully saturated rings. The predicted molar refractivity (Wildman–Crippen MR) is 148 cm³/mol. The molecule has 0 amide bonds. The van der Waals surface area contributed by atoms with Gasteiger partial charge in [-0.05, 0) is 54.8 Å². The molecule has 2 N–H and O–H groups in total. The van der Waals surface area contributed by atoms with Gasteiger partial charge in [-0.1, -0.05) is 18.2 Å². The number of hydrogen-bond acceptors (Lipinski definition) is 9. The molecule has 0 aliphatic carbocycles. The Bertz CT molecular complexity index is 1640. The number of hydrogen-bond donors (Lipinski definition) is 2. The summed E-state index contributed by atoms with van der Waals surface area (Å²) >= 11 is 0. The van der Waals surface area contributed by atoms with E-state index in [4.69, 9.17) is 19.7 Å². The van der Waals surface area contributed by atoms with Crippen LogP contribution in [0, 0.1) is 17.1 Å². The standard InChI is InChI=1S/C30H29FN6O4/c31-25-14-20(16-32)4-5-22(25)19-41-30-3-1-2-26(34-30)21-8-11-35(12-9-21)18-29-33-27-7-6-23(37(38)39)15-28(27)36(29)17-24-10-13-40-24/h1-8,14-15,24,38-39H,9-13,17-19H2/t24-/m0/s1. The molecule has 2 aliphatic heterocycles. The monoisotopic (exact) mass is 556 g/mol. The smallest absolute Gasteiger partial charge is 0.214 e. The fourth-order valence-electron chi connectivity index (χ4n) is 5.09. The van der Waals surface area contributed by atoms with Crippen LogP contribution in [0.2, 0.25) is 0 Å². The lowest BCUT2D eigenvalue weighted by molar-refractivity contribution is -0.0591. The highest BCUT2D eigenvalue weighted by molar-refractivity contribution is 5.80. The van der Waals surface area contributed by atoms with E-state index in [-0.39, 0.29) is 29.2 Å². The maximum Gasteiger partial charge on any atom is 0.214 e. The Morgan fingerprint density at radius 3 is 2.73 bits per heavy atom. The zero-order chi connectivity index (χ0) is 28.3. The second-order valence-corrected chi connectivity index (χ2v) is 10.2. The highest BCUT2D eigenvalue weighted by atomic mass is 19.1. The number of ether oxygens (including phenoxy) is 2. The van der Waals surface area contributed by atoms with Crippen molar-refractivity contribution in [2.45, 2.75) is 38.6 Å². The third kappa shape index (κ3) is 5.91. The number of nitriles is 1. The number of aromatic nitrogens is 3. The van der Waals surface area contributed by atoms with Crippen molar-refractivity contribution in [3.63, 3.8) is 0 Å². The van der Waals surface area contributed by atoms with Crippen LogP contribution in [0.3, 0.4) is 0 Å². The topological polar surface area (TPSA) is 120 Å². The number of benzene rings is 2. The molecule has 41 heavy (non-hydrogen) atoms. The van der Waals surface area contributed by atoms with Crippen molar-refractivity contribution in [3.8, 4) is 11.9 Å². The van der Waals surface area contributed by atoms with E-state index in [9.17, 15) is 14.8 Å². The predicted octanol–water partition coefficient (Wildman–Crippen LogP) is 4.68. The van der Waals surface area contributed by atoms with Crippen molar-refractivity contribution < 1.29 is 24.3 Å². The number of imidazole rings is 1. The van der Waals surface area contributed by atoms with Gasteiger partial charge in [-0.2, -0.15) is 5.26 Å². The maximum atomic E-state index is 14.2. The fourth-order valence-corrected chi connectivity index (χ4v) is 5.09. The molecule has 2 aliphatic rings. The average molecular weight is 557 g/mol. The van der Waals surface area contributed by atoms with Crippen molar-refractivity contribution in [2.75, 3.05) is 24.9 Å². The van der Waals surface area contributed by atoms with E-state index in [2.05, 4.69) is 20.5 Å². The molecule has 0 bridgehead atoms. The molecule has 0 unspecified atom stereocenters. The van der Waals surface area contributed by atoms with Crippen molar-refractivity contribution in [1.29, 1.82) is 5.26 Å². The van der Waals surface area contributed by atoms with Crippen LogP contribution >= 0.6 is 0 Å². The molecule has 1 saturated heterocycles. The van der Waals surface area contributed by atoms with E-state index >= 15 is 0 Å². The zero-order valence-corrected chi connectivity index (χ0v) is 22.3. The SMILES string of the molecule is N#Cc1ccc(COc2cccc(C3=CCN(Cc4nc5ccc(N(O)O)cc5n4C[C@@H]4CCO4)CC3)n2)c(F)c1. The van der Waals surface area contributed by atoms with Crippen LogP contribution in [0.15, 0.2) is 60.7 Å². The summed E-state index contributed by atoms with van der Waals surface area (Å²) in [5, 5.41) is 28.1. The fraction of sp³-hybridized carbons (Fsp3) is 0.300. The summed E-state index contributed by atoms with van der Waals surface area (Å²) in [7, 11) is 0. The van der Waals surface area contributed by atoms with Crippen LogP contribution in [0.25, 0.3) is 16.6 Å². The molecule has 210 valence electrons. The Labute approximate surface area is 236 Å². The highest BCUT2D eigenvalue weighted by Crippen LogP contribution is 2.28. The summed E-state index contributed by atoms with van der Waals surface area (Å²) in [6.07, 6.45) is 4.06. The van der Waals surface area contributed by atoms with Crippen LogP contribution in [-0.4, -0.2) is 55.6 Å². The first kappa shape index (κ1) is 26.9. The molecule has 10 nitrogen and oxygen atoms in total. The van der Waals surface area contributed by atoms with Crippen LogP contribution in [-0.2, 0) is 24.4 Å². The van der Waals surface area contributed by atoms with Gasteiger partial charge in [-0.25, -0.2) is 14.4 Å². The second kappa shape index (κ2) is 11.6. The minimum Gasteiger partial charge on any atom is -0.473 e. The lowest BCUT2D eigenvalue weighted by Crippen LogP contribution is -2.33. The van der Waals surface area contributed by atoms with Gasteiger partial charge < -0.3 is 14.0 Å². The van der Waals surface area contributed by atoms with E-state index in [1.165, 1.54) is 6.07 Å². The third-order valence-electron chi connectivity index (χ3n) is 7.49. The number of pyridine rings is 1. The van der Waals surface area contributed by atoms with E-state index in [0.717, 1.165) is 54.1 Å². The Hall–Kier alpha value is -4.34. The van der Waals surface area contributed by atoms with Gasteiger partial charge >= 0.3 is 0 Å². The molecular formula is C30H29FN6O4. The summed E-state index contributed by atoms with van der Waals surface area (Å²) in [5.41, 5.74) is 4.45. The van der Waals surface area contributed by atoms with Gasteiger partial charge in [0.2, 0.25) is 5.88 Å². The molecule has 2 aromatic carbocycles. The van der Waals surface area contributed by atoms with Crippen LogP contribution in [0.5, 0.6) is 5.88 Å². The van der Waals surface area contributed by atoms with E-state index in [1.54, 1.807) is 36.4 Å². The number of fused-ring (bicyclic) bond motifs is 1. The van der Waals surface area contributed by atoms with Gasteiger partial charge in [0, 0.05) is 31.3 Å². The average Bonchev–Trinajstić information content (AvgIpc) is 3.30. The van der Waals surface area contributed by atoms with E-state index < -0.39 is 5.82 Å². The van der Waals surface area contributed by atoms with Crippen LogP contribution in [0.1, 0.15) is 35.5 Å². The van der Waals surface area contributed by atoms with Crippen molar-refractivity contribution in [3.05, 3.63) is 89.1 Å². The molecule has 0 radical (unpaired) electrons. The first-order valence-corrected chi connectivity index (χ1v) is 13.5. The van der Waals surface area contributed by atoms with Gasteiger partial charge in [0.1, 0.15) is 18.2 Å². The zero-order valence-electron chi connectivity index (χ0n) is 22.3. The summed E-state index contributed by atoms with van der Waals surface area (Å²) < 4.78 is 27.8. The van der Waals surface area contributed by atoms with E-state index in [0.29, 0.717) is 31.1 Å². The van der Waals surface area contributed by atoms with Crippen LogP contribution in [0.4, 0.5) is 10.1 Å². The Morgan fingerprint density at radius 1 is 1.15 bits per heavy atom. The maximum absolute atomic E-state index is 14.2. The van der Waals surface area contributed by atoms with Crippen molar-refractivity contribution in [1.82, 2.24) is 19.4 Å². The van der Waals surface area contributed by atoms with Crippen LogP contribution < -0.4 is 9.96 Å².